The van der Waals surface area contributed by atoms with Gasteiger partial charge in [0.25, 0.3) is 0 Å². The Kier molecular flexibility index (Phi) is 5.49. The van der Waals surface area contributed by atoms with Crippen LogP contribution < -0.4 is 10.2 Å². The zero-order valence-electron chi connectivity index (χ0n) is 15.8. The van der Waals surface area contributed by atoms with Crippen LogP contribution in [0.2, 0.25) is 0 Å². The Bertz CT molecular complexity index is 1050. The minimum atomic E-state index is -0.558. The molecule has 0 saturated carbocycles. The van der Waals surface area contributed by atoms with Crippen molar-refractivity contribution in [1.82, 2.24) is 9.78 Å². The molecule has 0 bridgehead atoms. The van der Waals surface area contributed by atoms with Crippen LogP contribution in [0.4, 0.5) is 0 Å². The van der Waals surface area contributed by atoms with Crippen LogP contribution in [-0.2, 0) is 16.1 Å². The number of carbonyl (C=O) groups is 1. The summed E-state index contributed by atoms with van der Waals surface area (Å²) in [5.41, 5.74) is 0.961. The van der Waals surface area contributed by atoms with Crippen LogP contribution in [0.3, 0.4) is 0 Å². The topological polar surface area (TPSA) is 104 Å². The van der Waals surface area contributed by atoms with Crippen molar-refractivity contribution in [3.05, 3.63) is 52.5 Å². The highest BCUT2D eigenvalue weighted by atomic mass is 16.5. The predicted octanol–water partition coefficient (Wildman–Crippen LogP) is 2.76. The summed E-state index contributed by atoms with van der Waals surface area (Å²) in [5.74, 6) is 0.0348. The van der Waals surface area contributed by atoms with Crippen LogP contribution >= 0.6 is 0 Å². The van der Waals surface area contributed by atoms with E-state index in [4.69, 9.17) is 13.9 Å². The second-order valence-electron chi connectivity index (χ2n) is 6.02. The van der Waals surface area contributed by atoms with E-state index in [1.165, 1.54) is 16.9 Å². The number of aromatic hydroxyl groups is 1. The summed E-state index contributed by atoms with van der Waals surface area (Å²) in [6.07, 6.45) is 1.54. The Morgan fingerprint density at radius 1 is 1.29 bits per heavy atom. The smallest absolute Gasteiger partial charge is 0.327 e. The minimum absolute atomic E-state index is 0.00840. The molecule has 8 nitrogen and oxygen atoms in total. The highest BCUT2D eigenvalue weighted by Gasteiger charge is 2.21. The molecule has 1 aromatic carbocycles. The molecule has 0 aliphatic heterocycles. The van der Waals surface area contributed by atoms with Crippen LogP contribution in [0, 0.1) is 6.92 Å². The van der Waals surface area contributed by atoms with E-state index in [9.17, 15) is 14.7 Å². The van der Waals surface area contributed by atoms with Gasteiger partial charge in [-0.25, -0.2) is 0 Å². The zero-order chi connectivity index (χ0) is 20.3. The lowest BCUT2D eigenvalue weighted by atomic mass is 10.1. The molecule has 0 atom stereocenters. The van der Waals surface area contributed by atoms with Gasteiger partial charge in [0, 0.05) is 17.8 Å². The Labute approximate surface area is 160 Å². The van der Waals surface area contributed by atoms with Crippen molar-refractivity contribution in [1.29, 1.82) is 0 Å². The number of hydrogen-bond acceptors (Lipinski definition) is 7. The molecule has 2 aromatic heterocycles. The predicted molar refractivity (Wildman–Crippen MR) is 101 cm³/mol. The van der Waals surface area contributed by atoms with Crippen molar-refractivity contribution < 1.29 is 23.8 Å². The molecule has 3 rings (SSSR count). The third kappa shape index (κ3) is 3.90. The summed E-state index contributed by atoms with van der Waals surface area (Å²) in [5, 5.41) is 14.7. The Morgan fingerprint density at radius 2 is 2.00 bits per heavy atom. The van der Waals surface area contributed by atoms with Crippen molar-refractivity contribution >= 4 is 5.97 Å². The van der Waals surface area contributed by atoms with Gasteiger partial charge in [-0.15, -0.1) is 0 Å². The van der Waals surface area contributed by atoms with Crippen LogP contribution in [0.25, 0.3) is 22.6 Å². The molecule has 28 heavy (non-hydrogen) atoms. The molecular formula is C20H20N2O6. The van der Waals surface area contributed by atoms with Gasteiger partial charge < -0.3 is 19.0 Å². The van der Waals surface area contributed by atoms with Crippen molar-refractivity contribution in [2.45, 2.75) is 20.4 Å². The van der Waals surface area contributed by atoms with Crippen molar-refractivity contribution in [2.24, 2.45) is 0 Å². The normalized spacial score (nSPS) is 10.7. The van der Waals surface area contributed by atoms with Crippen LogP contribution in [0.15, 0.2) is 45.7 Å². The molecule has 0 unspecified atom stereocenters. The second-order valence-corrected chi connectivity index (χ2v) is 6.02. The van der Waals surface area contributed by atoms with E-state index < -0.39 is 17.1 Å². The summed E-state index contributed by atoms with van der Waals surface area (Å²) in [6, 6.07) is 8.29. The van der Waals surface area contributed by atoms with Gasteiger partial charge in [0.15, 0.2) is 5.76 Å². The molecule has 0 aliphatic rings. The lowest BCUT2D eigenvalue weighted by Gasteiger charge is -2.06. The van der Waals surface area contributed by atoms with Gasteiger partial charge in [-0.2, -0.15) is 5.10 Å². The summed E-state index contributed by atoms with van der Waals surface area (Å²) in [7, 11) is 1.56. The molecule has 2 heterocycles. The quantitative estimate of drug-likeness (QED) is 0.652. The number of methoxy groups -OCH3 is 1. The number of esters is 1. The maximum absolute atomic E-state index is 12.0. The van der Waals surface area contributed by atoms with E-state index in [0.717, 1.165) is 0 Å². The fourth-order valence-electron chi connectivity index (χ4n) is 2.76. The average Bonchev–Trinajstić information content (AvgIpc) is 3.08. The van der Waals surface area contributed by atoms with E-state index in [0.29, 0.717) is 28.3 Å². The number of benzene rings is 1. The molecule has 8 heteroatoms. The van der Waals surface area contributed by atoms with Gasteiger partial charge in [-0.1, -0.05) is 0 Å². The van der Waals surface area contributed by atoms with Crippen LogP contribution in [0.5, 0.6) is 11.5 Å². The maximum Gasteiger partial charge on any atom is 0.327 e. The number of aromatic nitrogens is 2. The number of hydrogen-bond donors (Lipinski definition) is 1. The molecule has 0 spiro atoms. The molecule has 146 valence electrons. The fourth-order valence-corrected chi connectivity index (χ4v) is 2.76. The highest BCUT2D eigenvalue weighted by Crippen LogP contribution is 2.35. The zero-order valence-corrected chi connectivity index (χ0v) is 15.8. The van der Waals surface area contributed by atoms with Gasteiger partial charge in [-0.3, -0.25) is 14.3 Å². The Morgan fingerprint density at radius 3 is 2.64 bits per heavy atom. The van der Waals surface area contributed by atoms with E-state index in [2.05, 4.69) is 5.10 Å². The average molecular weight is 384 g/mol. The molecule has 0 radical (unpaired) electrons. The Hall–Kier alpha value is -3.55. The lowest BCUT2D eigenvalue weighted by Crippen LogP contribution is -2.13. The first-order valence-corrected chi connectivity index (χ1v) is 8.64. The van der Waals surface area contributed by atoms with Crippen molar-refractivity contribution in [2.75, 3.05) is 13.7 Å². The largest absolute Gasteiger partial charge is 0.502 e. The molecular weight excluding hydrogens is 364 g/mol. The first-order valence-electron chi connectivity index (χ1n) is 8.64. The molecule has 0 saturated heterocycles. The Balaban J connectivity index is 2.15. The molecule has 0 fully saturated rings. The van der Waals surface area contributed by atoms with Gasteiger partial charge in [0.1, 0.15) is 23.7 Å². The standard InChI is InChI=1S/C20H20N2O6/c1-4-27-17(24)11-22-10-15(20-19(25)16(23)9-12(2)28-20)18(21-22)13-5-7-14(26-3)8-6-13/h5-10,25H,4,11H2,1-3H3. The third-order valence-electron chi connectivity index (χ3n) is 4.01. The third-order valence-corrected chi connectivity index (χ3v) is 4.01. The van der Waals surface area contributed by atoms with Gasteiger partial charge >= 0.3 is 5.97 Å². The summed E-state index contributed by atoms with van der Waals surface area (Å²) < 4.78 is 17.1. The number of ether oxygens (including phenoxy) is 2. The van der Waals surface area contributed by atoms with Crippen LogP contribution in [-0.4, -0.2) is 34.6 Å². The van der Waals surface area contributed by atoms with Crippen molar-refractivity contribution in [3.63, 3.8) is 0 Å². The van der Waals surface area contributed by atoms with Gasteiger partial charge in [0.2, 0.25) is 11.2 Å². The monoisotopic (exact) mass is 384 g/mol. The first kappa shape index (κ1) is 19.2. The number of nitrogens with zero attached hydrogens (tertiary/aromatic N) is 2. The minimum Gasteiger partial charge on any atom is -0.502 e. The highest BCUT2D eigenvalue weighted by molar-refractivity contribution is 5.81. The lowest BCUT2D eigenvalue weighted by molar-refractivity contribution is -0.144. The number of carbonyl (C=O) groups excluding carboxylic acids is 1. The number of aryl methyl sites for hydroxylation is 1. The fraction of sp³-hybridized carbons (Fsp3) is 0.250. The first-order chi connectivity index (χ1) is 13.4. The van der Waals surface area contributed by atoms with E-state index >= 15 is 0 Å². The molecule has 3 aromatic rings. The van der Waals surface area contributed by atoms with E-state index in [-0.39, 0.29) is 18.9 Å². The summed E-state index contributed by atoms with van der Waals surface area (Å²) in [6.45, 7) is 3.47. The molecule has 0 aliphatic carbocycles. The van der Waals surface area contributed by atoms with E-state index in [1.807, 2.05) is 0 Å². The van der Waals surface area contributed by atoms with E-state index in [1.54, 1.807) is 45.2 Å². The maximum atomic E-state index is 12.0. The van der Waals surface area contributed by atoms with Gasteiger partial charge in [0.05, 0.1) is 19.3 Å². The van der Waals surface area contributed by atoms with Gasteiger partial charge in [-0.05, 0) is 38.1 Å². The van der Waals surface area contributed by atoms with Crippen molar-refractivity contribution in [3.8, 4) is 34.1 Å². The SMILES string of the molecule is CCOC(=O)Cn1cc(-c2oc(C)cc(=O)c2O)c(-c2ccc(OC)cc2)n1. The molecule has 0 amide bonds. The summed E-state index contributed by atoms with van der Waals surface area (Å²) in [4.78, 5) is 23.8. The van der Waals surface area contributed by atoms with Crippen LogP contribution in [0.1, 0.15) is 12.7 Å². The molecule has 1 N–H and O–H groups in total. The summed E-state index contributed by atoms with van der Waals surface area (Å²) >= 11 is 0. The number of rotatable bonds is 6. The second kappa shape index (κ2) is 7.99.